The van der Waals surface area contributed by atoms with E-state index < -0.39 is 6.10 Å². The first-order chi connectivity index (χ1) is 13.2. The summed E-state index contributed by atoms with van der Waals surface area (Å²) in [6.45, 7) is 0.284. The molecule has 1 atom stereocenters. The minimum Gasteiger partial charge on any atom is -0.391 e. The van der Waals surface area contributed by atoms with Crippen LogP contribution in [0.25, 0.3) is 0 Å². The molecule has 0 fully saturated rings. The lowest BCUT2D eigenvalue weighted by Gasteiger charge is -2.08. The molecule has 0 saturated carbocycles. The van der Waals surface area contributed by atoms with Gasteiger partial charge in [-0.05, 0) is 6.42 Å². The van der Waals surface area contributed by atoms with Crippen LogP contribution in [-0.4, -0.2) is 69.8 Å². The molecule has 27 heavy (non-hydrogen) atoms. The lowest BCUT2D eigenvalue weighted by atomic mass is 10.2. The first-order valence-electron chi connectivity index (χ1n) is 8.34. The van der Waals surface area contributed by atoms with Crippen molar-refractivity contribution in [2.75, 3.05) is 13.7 Å². The molecule has 0 radical (unpaired) electrons. The van der Waals surface area contributed by atoms with Crippen LogP contribution in [-0.2, 0) is 24.0 Å². The number of aryl methyl sites for hydroxylation is 1. The van der Waals surface area contributed by atoms with Crippen molar-refractivity contribution in [3.05, 3.63) is 54.4 Å². The van der Waals surface area contributed by atoms with Crippen LogP contribution in [0.5, 0.6) is 0 Å². The minimum atomic E-state index is -0.545. The number of nitrogens with zero attached hydrogens (tertiary/aromatic N) is 9. The molecule has 11 nitrogen and oxygen atoms in total. The van der Waals surface area contributed by atoms with Gasteiger partial charge in [0.1, 0.15) is 54.4 Å². The van der Waals surface area contributed by atoms with Crippen molar-refractivity contribution < 1.29 is 9.84 Å². The van der Waals surface area contributed by atoms with Crippen LogP contribution in [0.1, 0.15) is 35.5 Å². The normalized spacial score (nSPS) is 12.1. The van der Waals surface area contributed by atoms with Crippen LogP contribution in [0.4, 0.5) is 0 Å². The van der Waals surface area contributed by atoms with Crippen LogP contribution >= 0.6 is 0 Å². The Morgan fingerprint density at radius 2 is 1.30 bits per heavy atom. The number of hydrogen-bond acceptors (Lipinski definition) is 11. The van der Waals surface area contributed by atoms with Gasteiger partial charge < -0.3 is 9.84 Å². The van der Waals surface area contributed by atoms with Gasteiger partial charge in [0.2, 0.25) is 0 Å². The summed E-state index contributed by atoms with van der Waals surface area (Å²) in [7, 11) is 1.55. The summed E-state index contributed by atoms with van der Waals surface area (Å²) in [4.78, 5) is 37.3. The molecular weight excluding hydrogens is 350 g/mol. The highest BCUT2D eigenvalue weighted by molar-refractivity contribution is 5.04. The molecule has 11 heteroatoms. The van der Waals surface area contributed by atoms with E-state index in [2.05, 4.69) is 44.9 Å². The second kappa shape index (κ2) is 9.59. The van der Waals surface area contributed by atoms with E-state index in [0.717, 1.165) is 0 Å². The number of aliphatic hydroxyl groups is 1. The quantitative estimate of drug-likeness (QED) is 0.514. The molecule has 3 aromatic heterocycles. The number of aromatic nitrogens is 9. The zero-order chi connectivity index (χ0) is 18.9. The third kappa shape index (κ3) is 6.01. The van der Waals surface area contributed by atoms with E-state index in [1.807, 2.05) is 0 Å². The molecule has 3 aromatic rings. The molecule has 140 valence electrons. The van der Waals surface area contributed by atoms with E-state index in [1.165, 1.54) is 25.3 Å². The third-order valence-electron chi connectivity index (χ3n) is 3.58. The van der Waals surface area contributed by atoms with Crippen LogP contribution in [0.2, 0.25) is 0 Å². The molecule has 1 N–H and O–H groups in total. The maximum atomic E-state index is 9.73. The summed E-state index contributed by atoms with van der Waals surface area (Å²) in [5.74, 6) is 2.85. The molecule has 0 aliphatic carbocycles. The van der Waals surface area contributed by atoms with Crippen LogP contribution in [0.3, 0.4) is 0 Å². The Balaban J connectivity index is 1.63. The highest BCUT2D eigenvalue weighted by atomic mass is 16.5. The fraction of sp³-hybridized carbons (Fsp3) is 0.438. The van der Waals surface area contributed by atoms with Gasteiger partial charge in [0, 0.05) is 13.5 Å². The standard InChI is InChI=1S/C16H19N9O2/c1-27-6-11(26)2-3-12-20-9-21-15(24-12)5-16-23-10-22-14(25-16)4-13-18-7-17-8-19-13/h7-11,26H,2-6H2,1H3. The van der Waals surface area contributed by atoms with Gasteiger partial charge in [-0.2, -0.15) is 0 Å². The van der Waals surface area contributed by atoms with Gasteiger partial charge in [-0.15, -0.1) is 0 Å². The highest BCUT2D eigenvalue weighted by Crippen LogP contribution is 2.04. The highest BCUT2D eigenvalue weighted by Gasteiger charge is 2.10. The van der Waals surface area contributed by atoms with Gasteiger partial charge in [0.05, 0.1) is 25.6 Å². The summed E-state index contributed by atoms with van der Waals surface area (Å²) in [6.07, 6.45) is 6.99. The zero-order valence-electron chi connectivity index (χ0n) is 14.8. The second-order valence-electron chi connectivity index (χ2n) is 5.69. The average molecular weight is 369 g/mol. The van der Waals surface area contributed by atoms with Gasteiger partial charge in [-0.3, -0.25) is 0 Å². The Morgan fingerprint density at radius 1 is 0.778 bits per heavy atom. The number of aliphatic hydroxyl groups excluding tert-OH is 1. The van der Waals surface area contributed by atoms with Gasteiger partial charge in [0.15, 0.2) is 0 Å². The van der Waals surface area contributed by atoms with Crippen LogP contribution in [0.15, 0.2) is 25.3 Å². The third-order valence-corrected chi connectivity index (χ3v) is 3.58. The summed E-state index contributed by atoms with van der Waals surface area (Å²) in [6, 6.07) is 0. The van der Waals surface area contributed by atoms with Crippen molar-refractivity contribution in [2.24, 2.45) is 0 Å². The monoisotopic (exact) mass is 369 g/mol. The van der Waals surface area contributed by atoms with Crippen molar-refractivity contribution >= 4 is 0 Å². The second-order valence-corrected chi connectivity index (χ2v) is 5.69. The lowest BCUT2D eigenvalue weighted by molar-refractivity contribution is 0.0592. The maximum Gasteiger partial charge on any atom is 0.139 e. The number of rotatable bonds is 9. The van der Waals surface area contributed by atoms with Gasteiger partial charge in [-0.25, -0.2) is 44.9 Å². The molecular formula is C16H19N9O2. The van der Waals surface area contributed by atoms with Gasteiger partial charge in [0.25, 0.3) is 0 Å². The van der Waals surface area contributed by atoms with E-state index in [1.54, 1.807) is 7.11 Å². The molecule has 1 unspecified atom stereocenters. The smallest absolute Gasteiger partial charge is 0.139 e. The topological polar surface area (TPSA) is 145 Å². The molecule has 0 amide bonds. The summed E-state index contributed by atoms with van der Waals surface area (Å²) < 4.78 is 4.91. The van der Waals surface area contributed by atoms with E-state index in [4.69, 9.17) is 4.74 Å². The number of ether oxygens (including phenoxy) is 1. The van der Waals surface area contributed by atoms with E-state index in [-0.39, 0.29) is 6.61 Å². The maximum absolute atomic E-state index is 9.73. The molecule has 0 aliphatic rings. The van der Waals surface area contributed by atoms with Crippen LogP contribution < -0.4 is 0 Å². The first-order valence-corrected chi connectivity index (χ1v) is 8.34. The molecule has 0 aromatic carbocycles. The van der Waals surface area contributed by atoms with Crippen LogP contribution in [0, 0.1) is 0 Å². The Labute approximate surface area is 155 Å². The van der Waals surface area contributed by atoms with Crippen molar-refractivity contribution in [3.63, 3.8) is 0 Å². The Hall–Kier alpha value is -3.05. The molecule has 3 rings (SSSR count). The fourth-order valence-corrected chi connectivity index (χ4v) is 2.32. The Morgan fingerprint density at radius 3 is 1.93 bits per heavy atom. The predicted molar refractivity (Wildman–Crippen MR) is 91.3 cm³/mol. The Bertz CT molecular complexity index is 850. The largest absolute Gasteiger partial charge is 0.391 e. The fourth-order valence-electron chi connectivity index (χ4n) is 2.32. The summed E-state index contributed by atoms with van der Waals surface area (Å²) in [5, 5.41) is 9.73. The molecule has 0 bridgehead atoms. The van der Waals surface area contributed by atoms with Gasteiger partial charge >= 0.3 is 0 Å². The minimum absolute atomic E-state index is 0.284. The van der Waals surface area contributed by atoms with Crippen molar-refractivity contribution in [3.8, 4) is 0 Å². The number of hydrogen-bond donors (Lipinski definition) is 1. The molecule has 3 heterocycles. The Kier molecular flexibility index (Phi) is 6.66. The number of methoxy groups -OCH3 is 1. The van der Waals surface area contributed by atoms with Crippen molar-refractivity contribution in [2.45, 2.75) is 31.8 Å². The first kappa shape index (κ1) is 18.7. The van der Waals surface area contributed by atoms with E-state index in [0.29, 0.717) is 54.8 Å². The average Bonchev–Trinajstić information content (AvgIpc) is 2.68. The van der Waals surface area contributed by atoms with Gasteiger partial charge in [-0.1, -0.05) is 0 Å². The van der Waals surface area contributed by atoms with Crippen molar-refractivity contribution in [1.82, 2.24) is 44.9 Å². The SMILES string of the molecule is COCC(O)CCc1ncnc(Cc2ncnc(Cc3ncncn3)n2)n1. The van der Waals surface area contributed by atoms with E-state index >= 15 is 0 Å². The van der Waals surface area contributed by atoms with E-state index in [9.17, 15) is 5.11 Å². The predicted octanol–water partition coefficient (Wildman–Crippen LogP) is -0.637. The summed E-state index contributed by atoms with van der Waals surface area (Å²) >= 11 is 0. The zero-order valence-corrected chi connectivity index (χ0v) is 14.8. The molecule has 0 spiro atoms. The van der Waals surface area contributed by atoms with Crippen molar-refractivity contribution in [1.29, 1.82) is 0 Å². The molecule has 0 aliphatic heterocycles. The summed E-state index contributed by atoms with van der Waals surface area (Å²) in [5.41, 5.74) is 0. The molecule has 0 saturated heterocycles. The lowest BCUT2D eigenvalue weighted by Crippen LogP contribution is -2.16.